The number of hydrogen-bond donors (Lipinski definition) is 1. The quantitative estimate of drug-likeness (QED) is 0.0885. The maximum Gasteiger partial charge on any atom is 0.350 e. The number of rotatable bonds is 12. The van der Waals surface area contributed by atoms with E-state index in [1.54, 1.807) is 55.5 Å². The van der Waals surface area contributed by atoms with E-state index >= 15 is 0 Å². The van der Waals surface area contributed by atoms with Gasteiger partial charge < -0.3 is 19.3 Å². The molecule has 1 amide bonds. The molecule has 0 aliphatic carbocycles. The number of ketones is 1. The van der Waals surface area contributed by atoms with Crippen LogP contribution in [0.25, 0.3) is 5.76 Å². The van der Waals surface area contributed by atoms with Crippen molar-refractivity contribution in [2.75, 3.05) is 25.2 Å². The summed E-state index contributed by atoms with van der Waals surface area (Å²) in [5.41, 5.74) is 1.22. The standard InChI is InChI=1S/C31H34N2O7S/c1-5-7-17-39-22-13-9-20(10-14-22)25-24(26(34)21-11-15-23(16-12-21)40-18-8-6-2)27(35)29(36)33(25)31-32-19(3)28(41-31)30(37)38-4/h9-16,25,34H,5-8,17-18H2,1-4H3/t25-/m0/s1. The molecular weight excluding hydrogens is 544 g/mol. The van der Waals surface area contributed by atoms with Gasteiger partial charge in [-0.1, -0.05) is 50.2 Å². The molecule has 1 aliphatic rings. The van der Waals surface area contributed by atoms with Gasteiger partial charge in [-0.3, -0.25) is 14.5 Å². The Labute approximate surface area is 243 Å². The monoisotopic (exact) mass is 578 g/mol. The van der Waals surface area contributed by atoms with Gasteiger partial charge in [0, 0.05) is 5.56 Å². The van der Waals surface area contributed by atoms with Crippen LogP contribution in [-0.2, 0) is 14.3 Å². The fraction of sp³-hybridized carbons (Fsp3) is 0.355. The van der Waals surface area contributed by atoms with Crippen LogP contribution in [0.15, 0.2) is 54.1 Å². The molecule has 10 heteroatoms. The van der Waals surface area contributed by atoms with E-state index in [9.17, 15) is 19.5 Å². The Morgan fingerprint density at radius 1 is 0.951 bits per heavy atom. The summed E-state index contributed by atoms with van der Waals surface area (Å²) in [6.45, 7) is 6.93. The van der Waals surface area contributed by atoms with E-state index in [4.69, 9.17) is 14.2 Å². The van der Waals surface area contributed by atoms with Crippen molar-refractivity contribution in [3.05, 3.63) is 75.8 Å². The minimum absolute atomic E-state index is 0.0817. The van der Waals surface area contributed by atoms with E-state index in [1.807, 2.05) is 0 Å². The van der Waals surface area contributed by atoms with Crippen LogP contribution in [0.1, 0.15) is 72.1 Å². The third kappa shape index (κ3) is 6.43. The molecule has 41 heavy (non-hydrogen) atoms. The lowest BCUT2D eigenvalue weighted by molar-refractivity contribution is -0.132. The maximum absolute atomic E-state index is 13.5. The second-order valence-electron chi connectivity index (χ2n) is 9.57. The van der Waals surface area contributed by atoms with Gasteiger partial charge in [0.1, 0.15) is 22.1 Å². The first-order chi connectivity index (χ1) is 19.8. The number of ether oxygens (including phenoxy) is 3. The zero-order chi connectivity index (χ0) is 29.5. The van der Waals surface area contributed by atoms with Crippen LogP contribution in [0.2, 0.25) is 0 Å². The number of aryl methyl sites for hydroxylation is 1. The average molecular weight is 579 g/mol. The molecule has 0 spiro atoms. The summed E-state index contributed by atoms with van der Waals surface area (Å²) >= 11 is 0.953. The Balaban J connectivity index is 1.78. The molecule has 1 atom stereocenters. The Bertz CT molecular complexity index is 1430. The number of aliphatic hydroxyl groups excluding tert-OH is 1. The molecule has 0 unspecified atom stereocenters. The molecule has 0 saturated carbocycles. The lowest BCUT2D eigenvalue weighted by Crippen LogP contribution is -2.29. The Hall–Kier alpha value is -4.18. The molecule has 2 aromatic carbocycles. The number of nitrogens with zero attached hydrogens (tertiary/aromatic N) is 2. The van der Waals surface area contributed by atoms with Crippen molar-refractivity contribution in [1.29, 1.82) is 0 Å². The summed E-state index contributed by atoms with van der Waals surface area (Å²) in [6, 6.07) is 12.8. The second-order valence-corrected chi connectivity index (χ2v) is 10.5. The number of thiazole rings is 1. The summed E-state index contributed by atoms with van der Waals surface area (Å²) < 4.78 is 16.3. The number of unbranched alkanes of at least 4 members (excludes halogenated alkanes) is 2. The molecule has 2 heterocycles. The molecule has 4 rings (SSSR count). The number of esters is 1. The van der Waals surface area contributed by atoms with Crippen molar-refractivity contribution in [2.45, 2.75) is 52.5 Å². The van der Waals surface area contributed by atoms with Crippen LogP contribution in [0.3, 0.4) is 0 Å². The van der Waals surface area contributed by atoms with E-state index in [-0.39, 0.29) is 21.3 Å². The number of aromatic nitrogens is 1. The number of anilines is 1. The van der Waals surface area contributed by atoms with Crippen molar-refractivity contribution < 1.29 is 33.7 Å². The first kappa shape index (κ1) is 29.8. The minimum Gasteiger partial charge on any atom is -0.507 e. The molecule has 1 saturated heterocycles. The number of amides is 1. The van der Waals surface area contributed by atoms with Gasteiger partial charge in [0.15, 0.2) is 5.13 Å². The normalized spacial score (nSPS) is 16.2. The second kappa shape index (κ2) is 13.5. The lowest BCUT2D eigenvalue weighted by Gasteiger charge is -2.23. The van der Waals surface area contributed by atoms with E-state index in [0.717, 1.165) is 37.0 Å². The zero-order valence-corrected chi connectivity index (χ0v) is 24.5. The predicted molar refractivity (Wildman–Crippen MR) is 157 cm³/mol. The number of carbonyl (C=O) groups is 3. The highest BCUT2D eigenvalue weighted by Gasteiger charge is 2.48. The molecule has 0 radical (unpaired) electrons. The maximum atomic E-state index is 13.5. The van der Waals surface area contributed by atoms with Gasteiger partial charge in [-0.05, 0) is 61.7 Å². The van der Waals surface area contributed by atoms with Gasteiger partial charge in [0.25, 0.3) is 5.78 Å². The topological polar surface area (TPSA) is 115 Å². The SMILES string of the molecule is CCCCOc1ccc(C(O)=C2C(=O)C(=O)N(c3nc(C)c(C(=O)OC)s3)[C@H]2c2ccc(OCCCC)cc2)cc1. The molecule has 0 bridgehead atoms. The highest BCUT2D eigenvalue weighted by Crippen LogP contribution is 2.44. The number of benzene rings is 2. The molecule has 3 aromatic rings. The van der Waals surface area contributed by atoms with E-state index < -0.39 is 23.7 Å². The summed E-state index contributed by atoms with van der Waals surface area (Å²) in [5, 5.41) is 11.6. The van der Waals surface area contributed by atoms with Crippen LogP contribution in [0.4, 0.5) is 5.13 Å². The van der Waals surface area contributed by atoms with Crippen LogP contribution in [-0.4, -0.2) is 48.1 Å². The molecular formula is C31H34N2O7S. The fourth-order valence-electron chi connectivity index (χ4n) is 4.39. The first-order valence-corrected chi connectivity index (χ1v) is 14.4. The summed E-state index contributed by atoms with van der Waals surface area (Å²) in [7, 11) is 1.26. The van der Waals surface area contributed by atoms with E-state index in [0.29, 0.717) is 41.5 Å². The lowest BCUT2D eigenvalue weighted by atomic mass is 9.95. The van der Waals surface area contributed by atoms with E-state index in [2.05, 4.69) is 18.8 Å². The number of aliphatic hydroxyl groups is 1. The number of hydrogen-bond acceptors (Lipinski definition) is 9. The molecule has 9 nitrogen and oxygen atoms in total. The highest BCUT2D eigenvalue weighted by molar-refractivity contribution is 7.17. The van der Waals surface area contributed by atoms with Crippen molar-refractivity contribution in [1.82, 2.24) is 4.98 Å². The molecule has 216 valence electrons. The Morgan fingerprint density at radius 2 is 1.51 bits per heavy atom. The average Bonchev–Trinajstić information content (AvgIpc) is 3.49. The fourth-order valence-corrected chi connectivity index (χ4v) is 5.40. The van der Waals surface area contributed by atoms with Gasteiger partial charge in [0.05, 0.1) is 37.6 Å². The summed E-state index contributed by atoms with van der Waals surface area (Å²) in [5.74, 6) is -1.33. The highest BCUT2D eigenvalue weighted by atomic mass is 32.1. The van der Waals surface area contributed by atoms with Gasteiger partial charge in [0.2, 0.25) is 0 Å². The Kier molecular flexibility index (Phi) is 9.78. The zero-order valence-electron chi connectivity index (χ0n) is 23.6. The number of carbonyl (C=O) groups excluding carboxylic acids is 3. The van der Waals surface area contributed by atoms with Crippen LogP contribution in [0, 0.1) is 6.92 Å². The molecule has 1 N–H and O–H groups in total. The van der Waals surface area contributed by atoms with Crippen molar-refractivity contribution >= 4 is 39.9 Å². The van der Waals surface area contributed by atoms with Gasteiger partial charge in [-0.2, -0.15) is 0 Å². The third-order valence-corrected chi connectivity index (χ3v) is 7.80. The smallest absolute Gasteiger partial charge is 0.350 e. The van der Waals surface area contributed by atoms with Crippen LogP contribution < -0.4 is 14.4 Å². The number of Topliss-reactive ketones (excluding diaryl/α,β-unsaturated/α-hetero) is 1. The minimum atomic E-state index is -0.990. The largest absolute Gasteiger partial charge is 0.507 e. The Morgan fingerprint density at radius 3 is 2.05 bits per heavy atom. The van der Waals surface area contributed by atoms with Crippen LogP contribution in [0.5, 0.6) is 11.5 Å². The van der Waals surface area contributed by atoms with E-state index in [1.165, 1.54) is 12.0 Å². The predicted octanol–water partition coefficient (Wildman–Crippen LogP) is 6.22. The molecule has 1 aromatic heterocycles. The van der Waals surface area contributed by atoms with Crippen molar-refractivity contribution in [3.8, 4) is 11.5 Å². The van der Waals surface area contributed by atoms with Crippen LogP contribution >= 0.6 is 11.3 Å². The van der Waals surface area contributed by atoms with Crippen molar-refractivity contribution in [2.24, 2.45) is 0 Å². The summed E-state index contributed by atoms with van der Waals surface area (Å²) in [4.78, 5) is 45.1. The van der Waals surface area contributed by atoms with Crippen molar-refractivity contribution in [3.63, 3.8) is 0 Å². The molecule has 1 aliphatic heterocycles. The van der Waals surface area contributed by atoms with Gasteiger partial charge >= 0.3 is 11.9 Å². The van der Waals surface area contributed by atoms with Gasteiger partial charge in [-0.15, -0.1) is 0 Å². The molecule has 1 fully saturated rings. The number of methoxy groups -OCH3 is 1. The van der Waals surface area contributed by atoms with Gasteiger partial charge in [-0.25, -0.2) is 9.78 Å². The third-order valence-electron chi connectivity index (χ3n) is 6.66. The summed E-state index contributed by atoms with van der Waals surface area (Å²) in [6.07, 6.45) is 3.84. The first-order valence-electron chi connectivity index (χ1n) is 13.6.